The Morgan fingerprint density at radius 1 is 1.26 bits per heavy atom. The van der Waals surface area contributed by atoms with Crippen molar-refractivity contribution < 1.29 is 19.4 Å². The van der Waals surface area contributed by atoms with Gasteiger partial charge in [-0.1, -0.05) is 11.3 Å². The van der Waals surface area contributed by atoms with E-state index >= 15 is 0 Å². The second-order valence-electron chi connectivity index (χ2n) is 8.48. The number of aromatic nitrogens is 3. The van der Waals surface area contributed by atoms with Crippen molar-refractivity contribution >= 4 is 38.6 Å². The SMILES string of the molecule is COc1ccc(C(=O)Nc2nc3c(s2)c(C(=O)N2CC[C@H](O)C2)nn3C(C)(C)C)cc1. The lowest BCUT2D eigenvalue weighted by Gasteiger charge is -2.19. The Kier molecular flexibility index (Phi) is 5.44. The lowest BCUT2D eigenvalue weighted by molar-refractivity contribution is 0.0759. The molecule has 2 aromatic heterocycles. The molecule has 31 heavy (non-hydrogen) atoms. The minimum atomic E-state index is -0.509. The highest BCUT2D eigenvalue weighted by Gasteiger charge is 2.32. The minimum Gasteiger partial charge on any atom is -0.497 e. The average molecular weight is 444 g/mol. The third-order valence-corrected chi connectivity index (χ3v) is 6.05. The normalized spacial score (nSPS) is 16.7. The van der Waals surface area contributed by atoms with Crippen LogP contribution in [0.1, 0.15) is 48.0 Å². The number of ether oxygens (including phenoxy) is 1. The van der Waals surface area contributed by atoms with E-state index < -0.39 is 11.6 Å². The van der Waals surface area contributed by atoms with Gasteiger partial charge in [-0.15, -0.1) is 0 Å². The Morgan fingerprint density at radius 3 is 2.55 bits per heavy atom. The van der Waals surface area contributed by atoms with Gasteiger partial charge in [0.05, 0.1) is 18.8 Å². The fraction of sp³-hybridized carbons (Fsp3) is 0.429. The molecule has 0 saturated carbocycles. The first-order valence-electron chi connectivity index (χ1n) is 10.00. The van der Waals surface area contributed by atoms with E-state index in [1.54, 1.807) is 41.0 Å². The van der Waals surface area contributed by atoms with E-state index in [0.717, 1.165) is 0 Å². The number of aliphatic hydroxyl groups is 1. The molecular formula is C21H25N5O4S. The summed E-state index contributed by atoms with van der Waals surface area (Å²) < 4.78 is 7.45. The fourth-order valence-corrected chi connectivity index (χ4v) is 4.37. The van der Waals surface area contributed by atoms with Gasteiger partial charge < -0.3 is 14.7 Å². The number of nitrogens with zero attached hydrogens (tertiary/aromatic N) is 4. The van der Waals surface area contributed by atoms with Crippen LogP contribution in [0.15, 0.2) is 24.3 Å². The monoisotopic (exact) mass is 443 g/mol. The molecule has 10 heteroatoms. The number of methoxy groups -OCH3 is 1. The van der Waals surface area contributed by atoms with E-state index in [2.05, 4.69) is 15.4 Å². The molecule has 1 saturated heterocycles. The van der Waals surface area contributed by atoms with E-state index in [-0.39, 0.29) is 11.8 Å². The maximum Gasteiger partial charge on any atom is 0.276 e. The summed E-state index contributed by atoms with van der Waals surface area (Å²) in [6.07, 6.45) is 0.0470. The van der Waals surface area contributed by atoms with Gasteiger partial charge >= 0.3 is 0 Å². The van der Waals surface area contributed by atoms with E-state index in [4.69, 9.17) is 4.74 Å². The van der Waals surface area contributed by atoms with Crippen LogP contribution in [0.25, 0.3) is 10.3 Å². The van der Waals surface area contributed by atoms with Crippen LogP contribution in [0.4, 0.5) is 5.13 Å². The van der Waals surface area contributed by atoms with Gasteiger partial charge in [-0.25, -0.2) is 4.68 Å². The van der Waals surface area contributed by atoms with Crippen molar-refractivity contribution in [1.29, 1.82) is 0 Å². The van der Waals surface area contributed by atoms with Crippen molar-refractivity contribution in [3.8, 4) is 5.75 Å². The van der Waals surface area contributed by atoms with Crippen LogP contribution in [-0.4, -0.2) is 62.9 Å². The highest BCUT2D eigenvalue weighted by atomic mass is 32.1. The molecule has 1 aromatic carbocycles. The number of likely N-dealkylation sites (tertiary alicyclic amines) is 1. The molecule has 2 amide bonds. The zero-order chi connectivity index (χ0) is 22.3. The smallest absolute Gasteiger partial charge is 0.276 e. The molecule has 1 aliphatic heterocycles. The number of rotatable bonds is 4. The Balaban J connectivity index is 1.67. The van der Waals surface area contributed by atoms with Gasteiger partial charge in [-0.3, -0.25) is 14.9 Å². The molecule has 0 radical (unpaired) electrons. The molecule has 0 spiro atoms. The number of aliphatic hydroxyl groups excluding tert-OH is 1. The molecular weight excluding hydrogens is 418 g/mol. The summed E-state index contributed by atoms with van der Waals surface area (Å²) in [7, 11) is 1.57. The Labute approximate surface area is 183 Å². The number of anilines is 1. The quantitative estimate of drug-likeness (QED) is 0.642. The van der Waals surface area contributed by atoms with E-state index in [0.29, 0.717) is 52.0 Å². The van der Waals surface area contributed by atoms with E-state index in [1.165, 1.54) is 11.3 Å². The van der Waals surface area contributed by atoms with Gasteiger partial charge in [0.2, 0.25) is 0 Å². The molecule has 164 valence electrons. The maximum absolute atomic E-state index is 13.1. The van der Waals surface area contributed by atoms with Gasteiger partial charge in [-0.05, 0) is 51.5 Å². The third-order valence-electron chi connectivity index (χ3n) is 5.09. The highest BCUT2D eigenvalue weighted by molar-refractivity contribution is 7.22. The second-order valence-corrected chi connectivity index (χ2v) is 9.48. The summed E-state index contributed by atoms with van der Waals surface area (Å²) in [5.41, 5.74) is 0.902. The van der Waals surface area contributed by atoms with Crippen LogP contribution in [-0.2, 0) is 5.54 Å². The molecule has 0 unspecified atom stereocenters. The summed E-state index contributed by atoms with van der Waals surface area (Å²) in [4.78, 5) is 31.9. The molecule has 9 nitrogen and oxygen atoms in total. The van der Waals surface area contributed by atoms with Gasteiger partial charge in [-0.2, -0.15) is 10.1 Å². The Hall–Kier alpha value is -2.98. The number of hydrogen-bond acceptors (Lipinski definition) is 7. The van der Waals surface area contributed by atoms with Gasteiger partial charge in [0.1, 0.15) is 10.4 Å². The number of benzene rings is 1. The third kappa shape index (κ3) is 4.13. The van der Waals surface area contributed by atoms with Crippen molar-refractivity contribution in [2.75, 3.05) is 25.5 Å². The van der Waals surface area contributed by atoms with E-state index in [9.17, 15) is 14.7 Å². The predicted molar refractivity (Wildman–Crippen MR) is 118 cm³/mol. The van der Waals surface area contributed by atoms with Crippen molar-refractivity contribution in [2.24, 2.45) is 0 Å². The summed E-state index contributed by atoms with van der Waals surface area (Å²) in [6.45, 7) is 6.71. The van der Waals surface area contributed by atoms with Gasteiger partial charge in [0, 0.05) is 18.7 Å². The van der Waals surface area contributed by atoms with Crippen LogP contribution in [0.3, 0.4) is 0 Å². The predicted octanol–water partition coefficient (Wildman–Crippen LogP) is 2.72. The standard InChI is InChI=1S/C21H25N5O4S/c1-21(2,3)26-17-16(15(24-26)19(29)25-10-9-13(27)11-25)31-20(22-17)23-18(28)12-5-7-14(30-4)8-6-12/h5-8,13,27H,9-11H2,1-4H3,(H,22,23,28)/t13-/m0/s1. The van der Waals surface area contributed by atoms with E-state index in [1.807, 2.05) is 20.8 Å². The zero-order valence-corrected chi connectivity index (χ0v) is 18.7. The van der Waals surface area contributed by atoms with Gasteiger partial charge in [0.25, 0.3) is 11.8 Å². The maximum atomic E-state index is 13.1. The first kappa shape index (κ1) is 21.3. The first-order valence-corrected chi connectivity index (χ1v) is 10.8. The van der Waals surface area contributed by atoms with Gasteiger partial charge in [0.15, 0.2) is 16.5 Å². The molecule has 3 heterocycles. The molecule has 0 bridgehead atoms. The Morgan fingerprint density at radius 2 is 1.97 bits per heavy atom. The van der Waals surface area contributed by atoms with Crippen molar-refractivity contribution in [2.45, 2.75) is 38.8 Å². The molecule has 1 fully saturated rings. The summed E-state index contributed by atoms with van der Waals surface area (Å²) >= 11 is 1.22. The molecule has 3 aromatic rings. The largest absolute Gasteiger partial charge is 0.497 e. The summed E-state index contributed by atoms with van der Waals surface area (Å²) in [5.74, 6) is 0.128. The molecule has 0 aliphatic carbocycles. The topological polar surface area (TPSA) is 110 Å². The van der Waals surface area contributed by atoms with Crippen molar-refractivity contribution in [1.82, 2.24) is 19.7 Å². The summed E-state index contributed by atoms with van der Waals surface area (Å²) in [6, 6.07) is 6.77. The zero-order valence-electron chi connectivity index (χ0n) is 17.9. The first-order chi connectivity index (χ1) is 14.7. The number of amides is 2. The average Bonchev–Trinajstić information content (AvgIpc) is 3.41. The van der Waals surface area contributed by atoms with Crippen LogP contribution >= 0.6 is 11.3 Å². The van der Waals surface area contributed by atoms with Crippen LogP contribution in [0, 0.1) is 0 Å². The Bertz CT molecular complexity index is 1130. The minimum absolute atomic E-state index is 0.235. The van der Waals surface area contributed by atoms with Crippen LogP contribution < -0.4 is 10.1 Å². The number of carbonyl (C=O) groups excluding carboxylic acids is 2. The number of thiazole rings is 1. The second kappa shape index (κ2) is 7.93. The fourth-order valence-electron chi connectivity index (χ4n) is 3.45. The number of fused-ring (bicyclic) bond motifs is 1. The van der Waals surface area contributed by atoms with Crippen molar-refractivity contribution in [3.63, 3.8) is 0 Å². The summed E-state index contributed by atoms with van der Waals surface area (Å²) in [5, 5.41) is 17.6. The highest BCUT2D eigenvalue weighted by Crippen LogP contribution is 2.33. The molecule has 1 aliphatic rings. The number of nitrogens with one attached hydrogen (secondary N) is 1. The number of β-amino-alcohol motifs (C(OH)–C–C–N with tert-alkyl or cyclic N) is 1. The molecule has 2 N–H and O–H groups in total. The van der Waals surface area contributed by atoms with Crippen LogP contribution in [0.2, 0.25) is 0 Å². The van der Waals surface area contributed by atoms with Crippen LogP contribution in [0.5, 0.6) is 5.75 Å². The molecule has 4 rings (SSSR count). The number of carbonyl (C=O) groups is 2. The van der Waals surface area contributed by atoms with Crippen molar-refractivity contribution in [3.05, 3.63) is 35.5 Å². The molecule has 1 atom stereocenters. The number of hydrogen-bond donors (Lipinski definition) is 2. The lowest BCUT2D eigenvalue weighted by Crippen LogP contribution is -2.31. The lowest BCUT2D eigenvalue weighted by atomic mass is 10.1.